The molecule has 1 atom stereocenters. The van der Waals surface area contributed by atoms with Gasteiger partial charge in [-0.15, -0.1) is 0 Å². The van der Waals surface area contributed by atoms with Gasteiger partial charge < -0.3 is 20.4 Å². The number of aliphatic imine (C=N–C) groups is 1. The molecular formula is C25H25N3O2. The van der Waals surface area contributed by atoms with Crippen LogP contribution in [-0.2, 0) is 0 Å². The molecule has 2 heterocycles. The Kier molecular flexibility index (Phi) is 4.77. The lowest BCUT2D eigenvalue weighted by Crippen LogP contribution is -2.51. The first-order chi connectivity index (χ1) is 14.6. The van der Waals surface area contributed by atoms with Gasteiger partial charge >= 0.3 is 0 Å². The third kappa shape index (κ3) is 3.36. The maximum atomic E-state index is 11.4. The molecule has 0 aromatic heterocycles. The molecule has 0 radical (unpaired) electrons. The van der Waals surface area contributed by atoms with Crippen LogP contribution >= 0.6 is 0 Å². The summed E-state index contributed by atoms with van der Waals surface area (Å²) in [5, 5.41) is 24.3. The fourth-order valence-electron chi connectivity index (χ4n) is 4.14. The van der Waals surface area contributed by atoms with Crippen molar-refractivity contribution in [1.82, 2.24) is 10.2 Å². The minimum Gasteiger partial charge on any atom is -0.508 e. The van der Waals surface area contributed by atoms with Crippen molar-refractivity contribution >= 4 is 11.5 Å². The van der Waals surface area contributed by atoms with Crippen molar-refractivity contribution in [3.63, 3.8) is 0 Å². The number of aliphatic hydroxyl groups excluding tert-OH is 1. The standard InChI is InChI=1S/C25H25N3O2/c1-16-4-2-3-5-21(16)24-27-23-11-8-19(18-6-9-20(29)10-7-18)12-22(23)25(30)28(24)15-17-13-26-14-17/h2-12,17,25-26,29-30H,13-15H2,1H3. The molecule has 0 bridgehead atoms. The fourth-order valence-corrected chi connectivity index (χ4v) is 4.14. The number of hydrogen-bond donors (Lipinski definition) is 3. The van der Waals surface area contributed by atoms with Gasteiger partial charge in [0.05, 0.1) is 5.69 Å². The van der Waals surface area contributed by atoms with Crippen molar-refractivity contribution in [2.75, 3.05) is 19.6 Å². The van der Waals surface area contributed by atoms with Gasteiger partial charge in [0, 0.05) is 36.7 Å². The molecule has 152 valence electrons. The molecule has 0 amide bonds. The van der Waals surface area contributed by atoms with Crippen LogP contribution in [0.3, 0.4) is 0 Å². The van der Waals surface area contributed by atoms with Gasteiger partial charge in [0.2, 0.25) is 0 Å². The van der Waals surface area contributed by atoms with E-state index in [9.17, 15) is 10.2 Å². The molecule has 1 saturated heterocycles. The van der Waals surface area contributed by atoms with Crippen molar-refractivity contribution in [2.24, 2.45) is 10.9 Å². The van der Waals surface area contributed by atoms with E-state index >= 15 is 0 Å². The van der Waals surface area contributed by atoms with E-state index in [0.717, 1.165) is 59.0 Å². The van der Waals surface area contributed by atoms with Crippen molar-refractivity contribution in [1.29, 1.82) is 0 Å². The number of fused-ring (bicyclic) bond motifs is 1. The zero-order chi connectivity index (χ0) is 20.7. The first-order valence-electron chi connectivity index (χ1n) is 10.3. The van der Waals surface area contributed by atoms with E-state index in [2.05, 4.69) is 24.4 Å². The third-order valence-electron chi connectivity index (χ3n) is 6.01. The molecule has 0 saturated carbocycles. The average Bonchev–Trinajstić information content (AvgIpc) is 2.72. The number of phenols is 1. The van der Waals surface area contributed by atoms with E-state index in [4.69, 9.17) is 4.99 Å². The van der Waals surface area contributed by atoms with Crippen molar-refractivity contribution in [3.05, 3.63) is 83.4 Å². The van der Waals surface area contributed by atoms with Crippen LogP contribution < -0.4 is 5.32 Å². The third-order valence-corrected chi connectivity index (χ3v) is 6.01. The lowest BCUT2D eigenvalue weighted by Gasteiger charge is -2.40. The molecule has 2 aliphatic rings. The first kappa shape index (κ1) is 18.9. The number of aryl methyl sites for hydroxylation is 1. The molecule has 3 aromatic carbocycles. The van der Waals surface area contributed by atoms with Crippen molar-refractivity contribution in [3.8, 4) is 16.9 Å². The molecule has 5 nitrogen and oxygen atoms in total. The molecule has 1 fully saturated rings. The summed E-state index contributed by atoms with van der Waals surface area (Å²) in [6, 6.07) is 21.3. The van der Waals surface area contributed by atoms with Gasteiger partial charge in [0.25, 0.3) is 0 Å². The van der Waals surface area contributed by atoms with E-state index in [-0.39, 0.29) is 5.75 Å². The fraction of sp³-hybridized carbons (Fsp3) is 0.240. The lowest BCUT2D eigenvalue weighted by atomic mass is 9.96. The second-order valence-corrected chi connectivity index (χ2v) is 8.12. The Morgan fingerprint density at radius 3 is 2.43 bits per heavy atom. The highest BCUT2D eigenvalue weighted by atomic mass is 16.3. The van der Waals surface area contributed by atoms with Gasteiger partial charge in [-0.25, -0.2) is 4.99 Å². The number of nitrogens with one attached hydrogen (secondary N) is 1. The van der Waals surface area contributed by atoms with Crippen LogP contribution in [0.25, 0.3) is 11.1 Å². The normalized spacial score (nSPS) is 18.5. The Morgan fingerprint density at radius 1 is 1.00 bits per heavy atom. The van der Waals surface area contributed by atoms with E-state index in [1.807, 2.05) is 47.4 Å². The summed E-state index contributed by atoms with van der Waals surface area (Å²) in [6.07, 6.45) is -0.759. The maximum absolute atomic E-state index is 11.4. The monoisotopic (exact) mass is 399 g/mol. The summed E-state index contributed by atoms with van der Waals surface area (Å²) in [5.74, 6) is 1.57. The summed E-state index contributed by atoms with van der Waals surface area (Å²) < 4.78 is 0. The van der Waals surface area contributed by atoms with Gasteiger partial charge in [-0.05, 0) is 47.9 Å². The molecule has 5 rings (SSSR count). The van der Waals surface area contributed by atoms with E-state index in [1.165, 1.54) is 0 Å². The summed E-state index contributed by atoms with van der Waals surface area (Å²) in [7, 11) is 0. The van der Waals surface area contributed by atoms with Crippen LogP contribution in [0, 0.1) is 12.8 Å². The van der Waals surface area contributed by atoms with Crippen LogP contribution in [-0.4, -0.2) is 40.6 Å². The van der Waals surface area contributed by atoms with Crippen LogP contribution in [0.5, 0.6) is 5.75 Å². The van der Waals surface area contributed by atoms with Gasteiger partial charge in [-0.3, -0.25) is 0 Å². The molecule has 2 aliphatic heterocycles. The topological polar surface area (TPSA) is 68.1 Å². The predicted molar refractivity (Wildman–Crippen MR) is 119 cm³/mol. The van der Waals surface area contributed by atoms with Crippen LogP contribution in [0.15, 0.2) is 71.7 Å². The van der Waals surface area contributed by atoms with Gasteiger partial charge in [0.15, 0.2) is 6.23 Å². The van der Waals surface area contributed by atoms with Crippen molar-refractivity contribution < 1.29 is 10.2 Å². The van der Waals surface area contributed by atoms with Gasteiger partial charge in [-0.2, -0.15) is 0 Å². The molecule has 0 spiro atoms. The summed E-state index contributed by atoms with van der Waals surface area (Å²) >= 11 is 0. The number of aromatic hydroxyl groups is 1. The smallest absolute Gasteiger partial charge is 0.156 e. The van der Waals surface area contributed by atoms with E-state index in [1.54, 1.807) is 12.1 Å². The van der Waals surface area contributed by atoms with Gasteiger partial charge in [0.1, 0.15) is 11.6 Å². The van der Waals surface area contributed by atoms with Crippen molar-refractivity contribution in [2.45, 2.75) is 13.2 Å². The number of amidine groups is 1. The van der Waals surface area contributed by atoms with E-state index in [0.29, 0.717) is 5.92 Å². The van der Waals surface area contributed by atoms with E-state index < -0.39 is 6.23 Å². The quantitative estimate of drug-likeness (QED) is 0.621. The molecule has 30 heavy (non-hydrogen) atoms. The molecule has 1 unspecified atom stereocenters. The first-order valence-corrected chi connectivity index (χ1v) is 10.3. The highest BCUT2D eigenvalue weighted by Crippen LogP contribution is 2.38. The zero-order valence-corrected chi connectivity index (χ0v) is 16.9. The Bertz CT molecular complexity index is 1100. The Hall–Kier alpha value is -3.15. The molecular weight excluding hydrogens is 374 g/mol. The Morgan fingerprint density at radius 2 is 1.73 bits per heavy atom. The van der Waals surface area contributed by atoms with Crippen LogP contribution in [0.2, 0.25) is 0 Å². The minimum atomic E-state index is -0.759. The highest BCUT2D eigenvalue weighted by molar-refractivity contribution is 6.03. The largest absolute Gasteiger partial charge is 0.508 e. The Balaban J connectivity index is 1.59. The number of nitrogens with zero attached hydrogens (tertiary/aromatic N) is 2. The number of hydrogen-bond acceptors (Lipinski definition) is 5. The SMILES string of the molecule is Cc1ccccc1C1=Nc2ccc(-c3ccc(O)cc3)cc2C(O)N1CC1CNC1. The summed E-state index contributed by atoms with van der Waals surface area (Å²) in [4.78, 5) is 7.03. The molecule has 0 aliphatic carbocycles. The number of phenolic OH excluding ortho intramolecular Hbond substituents is 1. The molecule has 5 heteroatoms. The van der Waals surface area contributed by atoms with Crippen LogP contribution in [0.1, 0.15) is 22.9 Å². The minimum absolute atomic E-state index is 0.240. The molecule has 3 N–H and O–H groups in total. The predicted octanol–water partition coefficient (Wildman–Crippen LogP) is 3.97. The maximum Gasteiger partial charge on any atom is 0.156 e. The summed E-state index contributed by atoms with van der Waals surface area (Å²) in [5.41, 5.74) is 5.79. The number of benzene rings is 3. The lowest BCUT2D eigenvalue weighted by molar-refractivity contribution is 0.0358. The average molecular weight is 399 g/mol. The zero-order valence-electron chi connectivity index (χ0n) is 16.9. The number of rotatable bonds is 4. The highest BCUT2D eigenvalue weighted by Gasteiger charge is 2.33. The number of aliphatic hydroxyl groups is 1. The molecule has 3 aromatic rings. The Labute approximate surface area is 176 Å². The second-order valence-electron chi connectivity index (χ2n) is 8.12. The van der Waals surface area contributed by atoms with Crippen LogP contribution in [0.4, 0.5) is 5.69 Å². The summed E-state index contributed by atoms with van der Waals surface area (Å²) in [6.45, 7) is 4.76. The van der Waals surface area contributed by atoms with Gasteiger partial charge in [-0.1, -0.05) is 42.5 Å². The second kappa shape index (κ2) is 7.59.